The van der Waals surface area contributed by atoms with Crippen LogP contribution >= 0.6 is 23.2 Å². The molecule has 1 fully saturated rings. The van der Waals surface area contributed by atoms with Gasteiger partial charge in [-0.2, -0.15) is 0 Å². The molecule has 0 radical (unpaired) electrons. The normalized spacial score (nSPS) is 14.8. The highest BCUT2D eigenvalue weighted by Crippen LogP contribution is 2.31. The smallest absolute Gasteiger partial charge is 0.145 e. The Morgan fingerprint density at radius 1 is 0.825 bits per heavy atom. The molecule has 40 heavy (non-hydrogen) atoms. The van der Waals surface area contributed by atoms with E-state index in [1.54, 1.807) is 0 Å². The Morgan fingerprint density at radius 2 is 1.45 bits per heavy atom. The van der Waals surface area contributed by atoms with Gasteiger partial charge in [-0.25, -0.2) is 9.97 Å². The number of para-hydroxylation sites is 1. The van der Waals surface area contributed by atoms with Gasteiger partial charge in [0.05, 0.1) is 24.2 Å². The van der Waals surface area contributed by atoms with E-state index in [0.717, 1.165) is 84.9 Å². The number of piperazine rings is 1. The first-order valence-electron chi connectivity index (χ1n) is 14.0. The highest BCUT2D eigenvalue weighted by atomic mass is 35.5. The Hall–Kier alpha value is -2.74. The van der Waals surface area contributed by atoms with E-state index in [2.05, 4.69) is 65.4 Å². The molecule has 0 atom stereocenters. The van der Waals surface area contributed by atoms with Crippen LogP contribution in [-0.4, -0.2) is 65.2 Å². The fraction of sp³-hybridized carbons (Fsp3) is 0.375. The Bertz CT molecular complexity index is 1330. The van der Waals surface area contributed by atoms with Gasteiger partial charge in [-0.05, 0) is 67.8 Å². The third-order valence-electron chi connectivity index (χ3n) is 7.22. The lowest BCUT2D eigenvalue weighted by atomic mass is 9.96. The van der Waals surface area contributed by atoms with Crippen LogP contribution in [0.25, 0.3) is 10.9 Å². The zero-order valence-corrected chi connectivity index (χ0v) is 24.7. The third kappa shape index (κ3) is 7.50. The predicted octanol–water partition coefficient (Wildman–Crippen LogP) is 7.07. The molecular weight excluding hydrogens is 541 g/mol. The molecule has 0 saturated carbocycles. The molecule has 0 bridgehead atoms. The van der Waals surface area contributed by atoms with Crippen LogP contribution in [-0.2, 0) is 11.3 Å². The zero-order valence-electron chi connectivity index (χ0n) is 23.2. The number of anilines is 1. The minimum atomic E-state index is 0.143. The largest absolute Gasteiger partial charge is 0.379 e. The number of hydrogen-bond acceptors (Lipinski definition) is 6. The average Bonchev–Trinajstić information content (AvgIpc) is 2.96. The predicted molar refractivity (Wildman–Crippen MR) is 165 cm³/mol. The molecule has 8 heteroatoms. The van der Waals surface area contributed by atoms with E-state index in [1.807, 2.05) is 36.4 Å². The zero-order chi connectivity index (χ0) is 27.9. The SMILES string of the molecule is CC(C)OCCCNc1nc(CN2CCN(C(c3ccc(Cl)cc3)c3ccc(Cl)cc3)CC2)nc2ccccc12. The van der Waals surface area contributed by atoms with Crippen molar-refractivity contribution in [2.45, 2.75) is 39.0 Å². The lowest BCUT2D eigenvalue weighted by molar-refractivity contribution is 0.0787. The van der Waals surface area contributed by atoms with Crippen molar-refractivity contribution < 1.29 is 4.74 Å². The maximum atomic E-state index is 6.21. The summed E-state index contributed by atoms with van der Waals surface area (Å²) in [5, 5.41) is 6.07. The second-order valence-corrected chi connectivity index (χ2v) is 11.4. The van der Waals surface area contributed by atoms with Gasteiger partial charge in [0, 0.05) is 54.8 Å². The molecule has 3 aromatic carbocycles. The van der Waals surface area contributed by atoms with Crippen LogP contribution in [0.5, 0.6) is 0 Å². The van der Waals surface area contributed by atoms with Gasteiger partial charge in [-0.15, -0.1) is 0 Å². The summed E-state index contributed by atoms with van der Waals surface area (Å²) < 4.78 is 5.69. The van der Waals surface area contributed by atoms with Gasteiger partial charge in [0.15, 0.2) is 0 Å². The van der Waals surface area contributed by atoms with Crippen LogP contribution in [0.3, 0.4) is 0 Å². The number of benzene rings is 3. The van der Waals surface area contributed by atoms with Crippen LogP contribution in [0.4, 0.5) is 5.82 Å². The second kappa shape index (κ2) is 13.7. The number of halogens is 2. The minimum absolute atomic E-state index is 0.143. The van der Waals surface area contributed by atoms with E-state index in [9.17, 15) is 0 Å². The van der Waals surface area contributed by atoms with E-state index in [0.29, 0.717) is 0 Å². The molecule has 1 aliphatic rings. The topological polar surface area (TPSA) is 53.5 Å². The minimum Gasteiger partial charge on any atom is -0.379 e. The molecule has 1 saturated heterocycles. The standard InChI is InChI=1S/C32H37Cl2N5O/c1-23(2)40-21-5-16-35-32-28-6-3-4-7-29(28)36-30(37-32)22-38-17-19-39(20-18-38)31(24-8-12-26(33)13-9-24)25-10-14-27(34)15-11-25/h3-4,6-15,23,31H,5,16-22H2,1-2H3,(H,35,36,37). The molecule has 1 aromatic heterocycles. The van der Waals surface area contributed by atoms with Crippen molar-refractivity contribution in [2.75, 3.05) is 44.6 Å². The summed E-state index contributed by atoms with van der Waals surface area (Å²) in [6.07, 6.45) is 1.18. The molecule has 2 heterocycles. The molecule has 0 amide bonds. The fourth-order valence-electron chi connectivity index (χ4n) is 5.21. The van der Waals surface area contributed by atoms with Crippen LogP contribution in [0, 0.1) is 0 Å². The first-order valence-corrected chi connectivity index (χ1v) is 14.8. The fourth-order valence-corrected chi connectivity index (χ4v) is 5.46. The van der Waals surface area contributed by atoms with E-state index in [4.69, 9.17) is 37.9 Å². The van der Waals surface area contributed by atoms with Gasteiger partial charge in [-0.1, -0.05) is 59.6 Å². The number of rotatable bonds is 11. The van der Waals surface area contributed by atoms with Crippen LogP contribution < -0.4 is 5.32 Å². The molecule has 210 valence electrons. The summed E-state index contributed by atoms with van der Waals surface area (Å²) in [6, 6.07) is 24.7. The summed E-state index contributed by atoms with van der Waals surface area (Å²) in [6.45, 7) is 10.1. The summed E-state index contributed by atoms with van der Waals surface area (Å²) in [4.78, 5) is 14.8. The quantitative estimate of drug-likeness (QED) is 0.192. The van der Waals surface area contributed by atoms with Gasteiger partial charge < -0.3 is 10.1 Å². The van der Waals surface area contributed by atoms with Crippen molar-refractivity contribution in [3.8, 4) is 0 Å². The van der Waals surface area contributed by atoms with Gasteiger partial charge in [-0.3, -0.25) is 9.80 Å². The monoisotopic (exact) mass is 577 g/mol. The molecular formula is C32H37Cl2N5O. The van der Waals surface area contributed by atoms with Crippen LogP contribution in [0.15, 0.2) is 72.8 Å². The van der Waals surface area contributed by atoms with E-state index in [1.165, 1.54) is 11.1 Å². The molecule has 6 nitrogen and oxygen atoms in total. The molecule has 0 unspecified atom stereocenters. The van der Waals surface area contributed by atoms with Crippen molar-refractivity contribution in [1.82, 2.24) is 19.8 Å². The van der Waals surface area contributed by atoms with E-state index in [-0.39, 0.29) is 12.1 Å². The van der Waals surface area contributed by atoms with Gasteiger partial charge in [0.2, 0.25) is 0 Å². The molecule has 5 rings (SSSR count). The number of nitrogens with zero attached hydrogens (tertiary/aromatic N) is 4. The molecule has 0 aliphatic carbocycles. The molecule has 1 aliphatic heterocycles. The Morgan fingerprint density at radius 3 is 2.08 bits per heavy atom. The first-order chi connectivity index (χ1) is 19.5. The summed E-state index contributed by atoms with van der Waals surface area (Å²) in [7, 11) is 0. The maximum absolute atomic E-state index is 6.21. The lowest BCUT2D eigenvalue weighted by Crippen LogP contribution is -2.47. The Kier molecular flexibility index (Phi) is 9.89. The number of hydrogen-bond donors (Lipinski definition) is 1. The van der Waals surface area contributed by atoms with Crippen molar-refractivity contribution in [3.63, 3.8) is 0 Å². The molecule has 1 N–H and O–H groups in total. The van der Waals surface area contributed by atoms with Crippen LogP contribution in [0.1, 0.15) is 43.3 Å². The van der Waals surface area contributed by atoms with E-state index < -0.39 is 0 Å². The van der Waals surface area contributed by atoms with Gasteiger partial charge in [0.25, 0.3) is 0 Å². The second-order valence-electron chi connectivity index (χ2n) is 10.5. The molecule has 4 aromatic rings. The first kappa shape index (κ1) is 28.8. The van der Waals surface area contributed by atoms with Crippen molar-refractivity contribution in [3.05, 3.63) is 99.8 Å². The number of nitrogens with one attached hydrogen (secondary N) is 1. The number of ether oxygens (including phenoxy) is 1. The average molecular weight is 579 g/mol. The Balaban J connectivity index is 1.26. The summed E-state index contributed by atoms with van der Waals surface area (Å²) in [5.41, 5.74) is 3.43. The van der Waals surface area contributed by atoms with Gasteiger partial charge in [0.1, 0.15) is 11.6 Å². The summed E-state index contributed by atoms with van der Waals surface area (Å²) >= 11 is 12.4. The van der Waals surface area contributed by atoms with Crippen molar-refractivity contribution >= 4 is 39.9 Å². The van der Waals surface area contributed by atoms with Crippen LogP contribution in [0.2, 0.25) is 10.0 Å². The third-order valence-corrected chi connectivity index (χ3v) is 7.73. The van der Waals surface area contributed by atoms with Crippen molar-refractivity contribution in [1.29, 1.82) is 0 Å². The Labute approximate surface area is 247 Å². The summed E-state index contributed by atoms with van der Waals surface area (Å²) in [5.74, 6) is 1.74. The van der Waals surface area contributed by atoms with Crippen molar-refractivity contribution in [2.24, 2.45) is 0 Å². The lowest BCUT2D eigenvalue weighted by Gasteiger charge is -2.39. The highest BCUT2D eigenvalue weighted by Gasteiger charge is 2.27. The molecule has 0 spiro atoms. The maximum Gasteiger partial charge on any atom is 0.145 e. The number of aromatic nitrogens is 2. The van der Waals surface area contributed by atoms with Gasteiger partial charge >= 0.3 is 0 Å². The highest BCUT2D eigenvalue weighted by molar-refractivity contribution is 6.30. The number of fused-ring (bicyclic) bond motifs is 1. The van der Waals surface area contributed by atoms with E-state index >= 15 is 0 Å².